The van der Waals surface area contributed by atoms with E-state index < -0.39 is 0 Å². The Morgan fingerprint density at radius 1 is 1.38 bits per heavy atom. The molecule has 1 N–H and O–H groups in total. The van der Waals surface area contributed by atoms with Crippen LogP contribution in [0.2, 0.25) is 0 Å². The largest absolute Gasteiger partial charge is 0.400 e. The lowest BCUT2D eigenvalue weighted by Gasteiger charge is -2.34. The van der Waals surface area contributed by atoms with Crippen LogP contribution in [0.25, 0.3) is 0 Å². The second-order valence-electron chi connectivity index (χ2n) is 3.59. The monoisotopic (exact) mass is 189 g/mol. The quantitative estimate of drug-likeness (QED) is 0.706. The second kappa shape index (κ2) is 7.30. The van der Waals surface area contributed by atoms with Gasteiger partial charge in [0.2, 0.25) is 0 Å². The zero-order valence-corrected chi connectivity index (χ0v) is 9.29. The third-order valence-corrected chi connectivity index (χ3v) is 2.47. The molecule has 3 heteroatoms. The van der Waals surface area contributed by atoms with Crippen LogP contribution in [-0.4, -0.2) is 49.5 Å². The standard InChI is InChI=1S/C9H19NO.CH4O/c1-8(2)10-6-4-5-9(7-10)11-3;1-2/h8-9H,4-7H2,1-3H3;2H,1H3. The van der Waals surface area contributed by atoms with Gasteiger partial charge in [-0.1, -0.05) is 0 Å². The maximum atomic E-state index is 7.00. The van der Waals surface area contributed by atoms with E-state index in [4.69, 9.17) is 9.84 Å². The molecule has 0 aromatic carbocycles. The summed E-state index contributed by atoms with van der Waals surface area (Å²) in [6, 6.07) is 0.674. The molecule has 1 fully saturated rings. The van der Waals surface area contributed by atoms with Gasteiger partial charge in [0.05, 0.1) is 6.10 Å². The number of piperidine rings is 1. The van der Waals surface area contributed by atoms with Crippen LogP contribution in [0.3, 0.4) is 0 Å². The second-order valence-corrected chi connectivity index (χ2v) is 3.59. The Morgan fingerprint density at radius 2 is 2.00 bits per heavy atom. The van der Waals surface area contributed by atoms with Crippen LogP contribution in [-0.2, 0) is 4.74 Å². The molecule has 0 radical (unpaired) electrons. The van der Waals surface area contributed by atoms with Gasteiger partial charge in [-0.25, -0.2) is 0 Å². The molecule has 0 spiro atoms. The number of rotatable bonds is 2. The Bertz CT molecular complexity index is 117. The summed E-state index contributed by atoms with van der Waals surface area (Å²) in [6.45, 7) is 6.86. The Kier molecular flexibility index (Phi) is 7.23. The van der Waals surface area contributed by atoms with Crippen LogP contribution in [0.4, 0.5) is 0 Å². The van der Waals surface area contributed by atoms with E-state index in [1.807, 2.05) is 7.11 Å². The molecule has 1 aliphatic heterocycles. The van der Waals surface area contributed by atoms with Gasteiger partial charge < -0.3 is 9.84 Å². The highest BCUT2D eigenvalue weighted by atomic mass is 16.5. The summed E-state index contributed by atoms with van der Waals surface area (Å²) in [7, 11) is 2.81. The molecule has 0 amide bonds. The number of likely N-dealkylation sites (tertiary alicyclic amines) is 1. The molecule has 1 rings (SSSR count). The molecule has 1 saturated heterocycles. The molecule has 1 atom stereocenters. The number of hydrogen-bond donors (Lipinski definition) is 1. The molecule has 0 saturated carbocycles. The van der Waals surface area contributed by atoms with Gasteiger partial charge in [-0.3, -0.25) is 4.90 Å². The van der Waals surface area contributed by atoms with Crippen molar-refractivity contribution in [1.29, 1.82) is 0 Å². The summed E-state index contributed by atoms with van der Waals surface area (Å²) >= 11 is 0. The molecule has 0 bridgehead atoms. The summed E-state index contributed by atoms with van der Waals surface area (Å²) < 4.78 is 5.33. The molecule has 0 aromatic rings. The average molecular weight is 189 g/mol. The third kappa shape index (κ3) is 4.60. The Balaban J connectivity index is 0.000000671. The smallest absolute Gasteiger partial charge is 0.0698 e. The minimum atomic E-state index is 0.478. The first-order valence-corrected chi connectivity index (χ1v) is 4.95. The van der Waals surface area contributed by atoms with Gasteiger partial charge in [0.25, 0.3) is 0 Å². The summed E-state index contributed by atoms with van der Waals surface area (Å²) in [6.07, 6.45) is 3.00. The van der Waals surface area contributed by atoms with Crippen molar-refractivity contribution in [1.82, 2.24) is 4.90 Å². The SMILES string of the molecule is CO.COC1CCCN(C(C)C)C1. The van der Waals surface area contributed by atoms with Gasteiger partial charge in [-0.2, -0.15) is 0 Å². The van der Waals surface area contributed by atoms with Crippen LogP contribution < -0.4 is 0 Å². The van der Waals surface area contributed by atoms with E-state index >= 15 is 0 Å². The molecule has 13 heavy (non-hydrogen) atoms. The van der Waals surface area contributed by atoms with Gasteiger partial charge in [0, 0.05) is 26.8 Å². The first-order valence-electron chi connectivity index (χ1n) is 4.95. The summed E-state index contributed by atoms with van der Waals surface area (Å²) in [4.78, 5) is 2.48. The lowest BCUT2D eigenvalue weighted by atomic mass is 10.1. The van der Waals surface area contributed by atoms with E-state index in [-0.39, 0.29) is 0 Å². The minimum absolute atomic E-state index is 0.478. The lowest BCUT2D eigenvalue weighted by molar-refractivity contribution is 0.0203. The number of nitrogens with zero attached hydrogens (tertiary/aromatic N) is 1. The van der Waals surface area contributed by atoms with Crippen LogP contribution in [0.1, 0.15) is 26.7 Å². The van der Waals surface area contributed by atoms with Crippen molar-refractivity contribution in [2.45, 2.75) is 38.8 Å². The zero-order chi connectivity index (χ0) is 10.3. The van der Waals surface area contributed by atoms with E-state index in [1.54, 1.807) is 0 Å². The van der Waals surface area contributed by atoms with Crippen molar-refractivity contribution in [2.75, 3.05) is 27.3 Å². The lowest BCUT2D eigenvalue weighted by Crippen LogP contribution is -2.42. The van der Waals surface area contributed by atoms with E-state index in [9.17, 15) is 0 Å². The van der Waals surface area contributed by atoms with Gasteiger partial charge in [0.15, 0.2) is 0 Å². The summed E-state index contributed by atoms with van der Waals surface area (Å²) in [5.41, 5.74) is 0. The predicted octanol–water partition coefficient (Wildman–Crippen LogP) is 1.11. The van der Waals surface area contributed by atoms with Gasteiger partial charge in [-0.05, 0) is 33.2 Å². The number of aliphatic hydroxyl groups is 1. The summed E-state index contributed by atoms with van der Waals surface area (Å²) in [5, 5.41) is 7.00. The molecule has 80 valence electrons. The molecule has 3 nitrogen and oxygen atoms in total. The van der Waals surface area contributed by atoms with Crippen molar-refractivity contribution >= 4 is 0 Å². The fourth-order valence-electron chi connectivity index (χ4n) is 1.63. The Labute approximate surface area is 81.7 Å². The Morgan fingerprint density at radius 3 is 2.46 bits per heavy atom. The number of aliphatic hydroxyl groups excluding tert-OH is 1. The molecule has 1 aliphatic rings. The van der Waals surface area contributed by atoms with E-state index in [0.717, 1.165) is 13.7 Å². The van der Waals surface area contributed by atoms with Crippen molar-refractivity contribution in [3.63, 3.8) is 0 Å². The van der Waals surface area contributed by atoms with Crippen LogP contribution in [0, 0.1) is 0 Å². The van der Waals surface area contributed by atoms with Crippen molar-refractivity contribution in [2.24, 2.45) is 0 Å². The topological polar surface area (TPSA) is 32.7 Å². The molecule has 0 aromatic heterocycles. The van der Waals surface area contributed by atoms with Crippen molar-refractivity contribution < 1.29 is 9.84 Å². The highest BCUT2D eigenvalue weighted by molar-refractivity contribution is 4.74. The fraction of sp³-hybridized carbons (Fsp3) is 1.00. The molecule has 1 unspecified atom stereocenters. The first-order chi connectivity index (χ1) is 6.24. The van der Waals surface area contributed by atoms with Gasteiger partial charge >= 0.3 is 0 Å². The summed E-state index contributed by atoms with van der Waals surface area (Å²) in [5.74, 6) is 0. The predicted molar refractivity (Wildman–Crippen MR) is 54.9 cm³/mol. The molecule has 0 aliphatic carbocycles. The maximum absolute atomic E-state index is 7.00. The first kappa shape index (κ1) is 12.9. The van der Waals surface area contributed by atoms with Crippen molar-refractivity contribution in [3.8, 4) is 0 Å². The van der Waals surface area contributed by atoms with Crippen LogP contribution >= 0.6 is 0 Å². The van der Waals surface area contributed by atoms with Crippen LogP contribution in [0.5, 0.6) is 0 Å². The minimum Gasteiger partial charge on any atom is -0.400 e. The van der Waals surface area contributed by atoms with Gasteiger partial charge in [-0.15, -0.1) is 0 Å². The van der Waals surface area contributed by atoms with E-state index in [2.05, 4.69) is 18.7 Å². The van der Waals surface area contributed by atoms with E-state index in [0.29, 0.717) is 12.1 Å². The normalized spacial score (nSPS) is 24.0. The molecular formula is C10H23NO2. The van der Waals surface area contributed by atoms with Gasteiger partial charge in [0.1, 0.15) is 0 Å². The van der Waals surface area contributed by atoms with Crippen molar-refractivity contribution in [3.05, 3.63) is 0 Å². The number of ether oxygens (including phenoxy) is 1. The third-order valence-electron chi connectivity index (χ3n) is 2.47. The highest BCUT2D eigenvalue weighted by Gasteiger charge is 2.20. The average Bonchev–Trinajstić information content (AvgIpc) is 2.21. The molecular weight excluding hydrogens is 166 g/mol. The maximum Gasteiger partial charge on any atom is 0.0698 e. The Hall–Kier alpha value is -0.120. The number of hydrogen-bond acceptors (Lipinski definition) is 3. The highest BCUT2D eigenvalue weighted by Crippen LogP contribution is 2.14. The number of methoxy groups -OCH3 is 1. The van der Waals surface area contributed by atoms with E-state index in [1.165, 1.54) is 19.4 Å². The zero-order valence-electron chi connectivity index (χ0n) is 9.29. The van der Waals surface area contributed by atoms with Crippen LogP contribution in [0.15, 0.2) is 0 Å². The molecule has 1 heterocycles. The fourth-order valence-corrected chi connectivity index (χ4v) is 1.63.